The fraction of sp³-hybridized carbons (Fsp3) is 0.667. The first-order chi connectivity index (χ1) is 3.85. The van der Waals surface area contributed by atoms with E-state index in [0.29, 0.717) is 0 Å². The van der Waals surface area contributed by atoms with E-state index in [4.69, 9.17) is 5.11 Å². The van der Waals surface area contributed by atoms with Crippen LogP contribution in [0, 0.1) is 0 Å². The van der Waals surface area contributed by atoms with Crippen molar-refractivity contribution in [3.63, 3.8) is 0 Å². The van der Waals surface area contributed by atoms with Crippen LogP contribution < -0.4 is 0 Å². The molecule has 0 aliphatic heterocycles. The number of halogens is 1. The number of alkyl halides is 1. The third-order valence-corrected chi connectivity index (χ3v) is 1.42. The van der Waals surface area contributed by atoms with Crippen LogP contribution >= 0.6 is 15.9 Å². The molecule has 0 fully saturated rings. The smallest absolute Gasteiger partial charge is 0.0641 e. The van der Waals surface area contributed by atoms with Crippen LogP contribution in [0.3, 0.4) is 0 Å². The van der Waals surface area contributed by atoms with Gasteiger partial charge >= 0.3 is 0 Å². The minimum absolute atomic E-state index is 0.197. The molecular formula is C6H11BrO. The molecule has 0 unspecified atom stereocenters. The maximum atomic E-state index is 8.57. The van der Waals surface area contributed by atoms with Crippen LogP contribution in [-0.2, 0) is 0 Å². The van der Waals surface area contributed by atoms with Gasteiger partial charge in [-0.2, -0.15) is 0 Å². The largest absolute Gasteiger partial charge is 0.392 e. The lowest BCUT2D eigenvalue weighted by Gasteiger charge is -1.95. The summed E-state index contributed by atoms with van der Waals surface area (Å²) in [6.07, 6.45) is 2.90. The Morgan fingerprint density at radius 1 is 1.75 bits per heavy atom. The van der Waals surface area contributed by atoms with Gasteiger partial charge in [0.05, 0.1) is 6.61 Å². The van der Waals surface area contributed by atoms with Crippen molar-refractivity contribution in [1.82, 2.24) is 0 Å². The molecule has 0 atom stereocenters. The molecule has 0 amide bonds. The normalized spacial score (nSPS) is 12.1. The summed E-state index contributed by atoms with van der Waals surface area (Å²) in [4.78, 5) is 0. The van der Waals surface area contributed by atoms with E-state index in [2.05, 4.69) is 15.9 Å². The van der Waals surface area contributed by atoms with Crippen molar-refractivity contribution < 1.29 is 5.11 Å². The zero-order valence-electron chi connectivity index (χ0n) is 5.02. The number of aliphatic hydroxyl groups is 1. The van der Waals surface area contributed by atoms with E-state index in [9.17, 15) is 0 Å². The second kappa shape index (κ2) is 5.32. The Labute approximate surface area is 58.5 Å². The molecular weight excluding hydrogens is 168 g/mol. The molecule has 0 saturated heterocycles. The summed E-state index contributed by atoms with van der Waals surface area (Å²) in [6.45, 7) is 2.14. The van der Waals surface area contributed by atoms with Crippen LogP contribution in [0.2, 0.25) is 0 Å². The lowest BCUT2D eigenvalue weighted by molar-refractivity contribution is 0.328. The summed E-state index contributed by atoms with van der Waals surface area (Å²) in [5, 5.41) is 9.51. The number of hydrogen-bond acceptors (Lipinski definition) is 1. The lowest BCUT2D eigenvalue weighted by atomic mass is 10.2. The van der Waals surface area contributed by atoms with E-state index in [1.54, 1.807) is 0 Å². The van der Waals surface area contributed by atoms with Crippen LogP contribution in [0.5, 0.6) is 0 Å². The van der Waals surface area contributed by atoms with E-state index in [-0.39, 0.29) is 6.61 Å². The van der Waals surface area contributed by atoms with Gasteiger partial charge in [-0.1, -0.05) is 22.0 Å². The SMILES string of the molecule is C/C=C(/CO)CCBr. The summed E-state index contributed by atoms with van der Waals surface area (Å²) in [6, 6.07) is 0. The second-order valence-electron chi connectivity index (χ2n) is 1.54. The van der Waals surface area contributed by atoms with Gasteiger partial charge in [0.1, 0.15) is 0 Å². The number of aliphatic hydroxyl groups excluding tert-OH is 1. The van der Waals surface area contributed by atoms with Crippen molar-refractivity contribution in [2.45, 2.75) is 13.3 Å². The van der Waals surface area contributed by atoms with E-state index in [0.717, 1.165) is 17.3 Å². The van der Waals surface area contributed by atoms with Gasteiger partial charge in [0.2, 0.25) is 0 Å². The third kappa shape index (κ3) is 3.22. The van der Waals surface area contributed by atoms with Crippen LogP contribution in [0.1, 0.15) is 13.3 Å². The molecule has 0 heterocycles. The first-order valence-electron chi connectivity index (χ1n) is 2.66. The fourth-order valence-corrected chi connectivity index (χ4v) is 0.945. The van der Waals surface area contributed by atoms with Crippen LogP contribution in [0.15, 0.2) is 11.6 Å². The zero-order valence-corrected chi connectivity index (χ0v) is 6.61. The predicted molar refractivity (Wildman–Crippen MR) is 39.3 cm³/mol. The summed E-state index contributed by atoms with van der Waals surface area (Å²) >= 11 is 3.28. The topological polar surface area (TPSA) is 20.2 Å². The first kappa shape index (κ1) is 8.18. The molecule has 0 aromatic rings. The highest BCUT2D eigenvalue weighted by atomic mass is 79.9. The number of rotatable bonds is 3. The Kier molecular flexibility index (Phi) is 5.44. The highest BCUT2D eigenvalue weighted by Gasteiger charge is 1.88. The summed E-state index contributed by atoms with van der Waals surface area (Å²) in [7, 11) is 0. The fourth-order valence-electron chi connectivity index (χ4n) is 0.436. The molecule has 0 aromatic carbocycles. The molecule has 1 N–H and O–H groups in total. The standard InChI is InChI=1S/C6H11BrO/c1-2-6(5-8)3-4-7/h2,8H,3-5H2,1H3/b6-2+. The Bertz CT molecular complexity index is 78.6. The summed E-state index contributed by atoms with van der Waals surface area (Å²) < 4.78 is 0. The van der Waals surface area contributed by atoms with Gasteiger partial charge in [0.15, 0.2) is 0 Å². The maximum Gasteiger partial charge on any atom is 0.0641 e. The molecule has 0 aliphatic carbocycles. The maximum absolute atomic E-state index is 8.57. The Balaban J connectivity index is 3.38. The molecule has 0 aliphatic rings. The van der Waals surface area contributed by atoms with Crippen molar-refractivity contribution >= 4 is 15.9 Å². The Hall–Kier alpha value is 0.180. The number of hydrogen-bond donors (Lipinski definition) is 1. The van der Waals surface area contributed by atoms with Crippen molar-refractivity contribution in [2.75, 3.05) is 11.9 Å². The molecule has 0 saturated carbocycles. The van der Waals surface area contributed by atoms with Gasteiger partial charge in [0.25, 0.3) is 0 Å². The third-order valence-electron chi connectivity index (χ3n) is 1.03. The Morgan fingerprint density at radius 2 is 2.38 bits per heavy atom. The van der Waals surface area contributed by atoms with Crippen molar-refractivity contribution in [3.05, 3.63) is 11.6 Å². The molecule has 48 valence electrons. The minimum atomic E-state index is 0.197. The van der Waals surface area contributed by atoms with E-state index < -0.39 is 0 Å². The molecule has 0 bridgehead atoms. The second-order valence-corrected chi connectivity index (χ2v) is 2.34. The van der Waals surface area contributed by atoms with E-state index >= 15 is 0 Å². The van der Waals surface area contributed by atoms with Crippen LogP contribution in [0.4, 0.5) is 0 Å². The molecule has 0 radical (unpaired) electrons. The van der Waals surface area contributed by atoms with Gasteiger partial charge in [-0.3, -0.25) is 0 Å². The summed E-state index contributed by atoms with van der Waals surface area (Å²) in [5.41, 5.74) is 1.10. The van der Waals surface area contributed by atoms with Gasteiger partial charge < -0.3 is 5.11 Å². The van der Waals surface area contributed by atoms with Crippen LogP contribution in [0.25, 0.3) is 0 Å². The molecule has 0 rings (SSSR count). The Morgan fingerprint density at radius 3 is 2.50 bits per heavy atom. The van der Waals surface area contributed by atoms with Crippen molar-refractivity contribution in [3.8, 4) is 0 Å². The molecule has 1 nitrogen and oxygen atoms in total. The zero-order chi connectivity index (χ0) is 6.41. The highest BCUT2D eigenvalue weighted by molar-refractivity contribution is 9.09. The van der Waals surface area contributed by atoms with E-state index in [1.807, 2.05) is 13.0 Å². The van der Waals surface area contributed by atoms with Crippen molar-refractivity contribution in [2.24, 2.45) is 0 Å². The molecule has 2 heteroatoms. The van der Waals surface area contributed by atoms with Gasteiger partial charge in [-0.15, -0.1) is 0 Å². The average molecular weight is 179 g/mol. The van der Waals surface area contributed by atoms with Crippen LogP contribution in [-0.4, -0.2) is 17.0 Å². The monoisotopic (exact) mass is 178 g/mol. The molecule has 0 aromatic heterocycles. The summed E-state index contributed by atoms with van der Waals surface area (Å²) in [5.74, 6) is 0. The van der Waals surface area contributed by atoms with Crippen molar-refractivity contribution in [1.29, 1.82) is 0 Å². The molecule has 8 heavy (non-hydrogen) atoms. The quantitative estimate of drug-likeness (QED) is 0.516. The minimum Gasteiger partial charge on any atom is -0.392 e. The average Bonchev–Trinajstić information content (AvgIpc) is 1.83. The number of allylic oxidation sites excluding steroid dienone is 1. The van der Waals surface area contributed by atoms with Gasteiger partial charge in [0, 0.05) is 5.33 Å². The predicted octanol–water partition coefficient (Wildman–Crippen LogP) is 1.71. The van der Waals surface area contributed by atoms with Gasteiger partial charge in [-0.25, -0.2) is 0 Å². The highest BCUT2D eigenvalue weighted by Crippen LogP contribution is 2.01. The first-order valence-corrected chi connectivity index (χ1v) is 3.78. The lowest BCUT2D eigenvalue weighted by Crippen LogP contribution is -1.89. The van der Waals surface area contributed by atoms with Gasteiger partial charge in [-0.05, 0) is 18.9 Å². The molecule has 0 spiro atoms. The van der Waals surface area contributed by atoms with E-state index in [1.165, 1.54) is 0 Å².